The fourth-order valence-electron chi connectivity index (χ4n) is 1.60. The lowest BCUT2D eigenvalue weighted by atomic mass is 10.3. The zero-order valence-corrected chi connectivity index (χ0v) is 11.4. The highest BCUT2D eigenvalue weighted by Gasteiger charge is 2.12. The molecule has 19 heavy (non-hydrogen) atoms. The van der Waals surface area contributed by atoms with E-state index < -0.39 is 5.97 Å². The van der Waals surface area contributed by atoms with E-state index in [4.69, 9.17) is 5.11 Å². The lowest BCUT2D eigenvalue weighted by Crippen LogP contribution is -2.40. The third-order valence-electron chi connectivity index (χ3n) is 2.48. The van der Waals surface area contributed by atoms with E-state index in [1.807, 2.05) is 20.8 Å². The number of nitrogens with one attached hydrogen (secondary N) is 1. The van der Waals surface area contributed by atoms with Crippen LogP contribution in [-0.4, -0.2) is 41.1 Å². The molecule has 0 bridgehead atoms. The Bertz CT molecular complexity index is 443. The number of carboxylic acids is 1. The smallest absolute Gasteiger partial charge is 0.337 e. The van der Waals surface area contributed by atoms with Crippen molar-refractivity contribution in [3.63, 3.8) is 0 Å². The van der Waals surface area contributed by atoms with Gasteiger partial charge in [-0.1, -0.05) is 0 Å². The van der Waals surface area contributed by atoms with Gasteiger partial charge < -0.3 is 15.3 Å². The summed E-state index contributed by atoms with van der Waals surface area (Å²) in [5.41, 5.74) is 0.131. The zero-order valence-electron chi connectivity index (χ0n) is 11.4. The maximum Gasteiger partial charge on any atom is 0.337 e. The lowest BCUT2D eigenvalue weighted by Gasteiger charge is -2.22. The quantitative estimate of drug-likeness (QED) is 0.805. The highest BCUT2D eigenvalue weighted by Crippen LogP contribution is 2.10. The zero-order chi connectivity index (χ0) is 14.4. The number of rotatable bonds is 6. The van der Waals surface area contributed by atoms with Crippen LogP contribution in [0.25, 0.3) is 0 Å². The summed E-state index contributed by atoms with van der Waals surface area (Å²) in [6, 6.07) is 3.18. The van der Waals surface area contributed by atoms with Gasteiger partial charge in [-0.05, 0) is 32.9 Å². The Balaban J connectivity index is 2.74. The second-order valence-corrected chi connectivity index (χ2v) is 4.45. The van der Waals surface area contributed by atoms with E-state index in [9.17, 15) is 9.59 Å². The Morgan fingerprint density at radius 3 is 2.53 bits per heavy atom. The number of nitrogens with zero attached hydrogens (tertiary/aromatic N) is 2. The first-order chi connectivity index (χ1) is 8.93. The second-order valence-electron chi connectivity index (χ2n) is 4.45. The number of hydrogen-bond donors (Lipinski definition) is 2. The van der Waals surface area contributed by atoms with Crippen molar-refractivity contribution >= 4 is 17.7 Å². The molecule has 6 heteroatoms. The molecule has 0 aliphatic rings. The minimum Gasteiger partial charge on any atom is -0.478 e. The standard InChI is InChI=1S/C13H19N3O3/c1-4-16(8-12(17)15-9(2)3)11-6-5-10(7-14-11)13(18)19/h5-7,9H,4,8H2,1-3H3,(H,15,17)(H,18,19). The molecule has 0 spiro atoms. The van der Waals surface area contributed by atoms with Crippen LogP contribution in [0.4, 0.5) is 5.82 Å². The van der Waals surface area contributed by atoms with Crippen molar-refractivity contribution in [2.75, 3.05) is 18.0 Å². The molecule has 1 aromatic heterocycles. The molecule has 0 saturated heterocycles. The van der Waals surface area contributed by atoms with Crippen LogP contribution in [0.2, 0.25) is 0 Å². The number of aromatic carboxylic acids is 1. The number of hydrogen-bond acceptors (Lipinski definition) is 4. The minimum atomic E-state index is -1.01. The summed E-state index contributed by atoms with van der Waals surface area (Å²) in [6.45, 7) is 6.52. The number of likely N-dealkylation sites (N-methyl/N-ethyl adjacent to an activating group) is 1. The summed E-state index contributed by atoms with van der Waals surface area (Å²) in [6.07, 6.45) is 1.29. The molecule has 0 radical (unpaired) electrons. The topological polar surface area (TPSA) is 82.5 Å². The molecule has 0 saturated carbocycles. The number of anilines is 1. The maximum atomic E-state index is 11.7. The van der Waals surface area contributed by atoms with Crippen molar-refractivity contribution in [2.45, 2.75) is 26.8 Å². The summed E-state index contributed by atoms with van der Waals surface area (Å²) in [4.78, 5) is 28.3. The van der Waals surface area contributed by atoms with E-state index in [2.05, 4.69) is 10.3 Å². The first-order valence-electron chi connectivity index (χ1n) is 6.17. The number of carbonyl (C=O) groups is 2. The van der Waals surface area contributed by atoms with Crippen molar-refractivity contribution in [1.82, 2.24) is 10.3 Å². The van der Waals surface area contributed by atoms with Crippen molar-refractivity contribution < 1.29 is 14.7 Å². The normalized spacial score (nSPS) is 10.3. The fraction of sp³-hybridized carbons (Fsp3) is 0.462. The van der Waals surface area contributed by atoms with Crippen molar-refractivity contribution in [1.29, 1.82) is 0 Å². The van der Waals surface area contributed by atoms with E-state index in [0.29, 0.717) is 12.4 Å². The molecular weight excluding hydrogens is 246 g/mol. The van der Waals surface area contributed by atoms with Crippen LogP contribution in [0.3, 0.4) is 0 Å². The molecule has 0 atom stereocenters. The number of carbonyl (C=O) groups excluding carboxylic acids is 1. The average molecular weight is 265 g/mol. The Morgan fingerprint density at radius 2 is 2.11 bits per heavy atom. The van der Waals surface area contributed by atoms with Crippen LogP contribution < -0.4 is 10.2 Å². The van der Waals surface area contributed by atoms with Crippen LogP contribution in [0.5, 0.6) is 0 Å². The van der Waals surface area contributed by atoms with Gasteiger partial charge in [0.1, 0.15) is 5.82 Å². The molecule has 0 fully saturated rings. The van der Waals surface area contributed by atoms with Crippen molar-refractivity contribution in [3.05, 3.63) is 23.9 Å². The highest BCUT2D eigenvalue weighted by molar-refractivity contribution is 5.87. The Kier molecular flexibility index (Phi) is 5.29. The molecule has 0 unspecified atom stereocenters. The van der Waals surface area contributed by atoms with Gasteiger partial charge in [0.25, 0.3) is 0 Å². The SMILES string of the molecule is CCN(CC(=O)NC(C)C)c1ccc(C(=O)O)cn1. The van der Waals surface area contributed by atoms with Gasteiger partial charge >= 0.3 is 5.97 Å². The predicted octanol–water partition coefficient (Wildman–Crippen LogP) is 1.13. The molecule has 0 aliphatic carbocycles. The van der Waals surface area contributed by atoms with E-state index in [0.717, 1.165) is 0 Å². The van der Waals surface area contributed by atoms with Crippen LogP contribution in [0, 0.1) is 0 Å². The Labute approximate surface area is 112 Å². The van der Waals surface area contributed by atoms with Gasteiger partial charge in [-0.25, -0.2) is 9.78 Å². The number of aromatic nitrogens is 1. The Morgan fingerprint density at radius 1 is 1.42 bits per heavy atom. The largest absolute Gasteiger partial charge is 0.478 e. The van der Waals surface area contributed by atoms with E-state index in [1.54, 1.807) is 11.0 Å². The number of carboxylic acid groups (broad SMARTS) is 1. The lowest BCUT2D eigenvalue weighted by molar-refractivity contribution is -0.120. The second kappa shape index (κ2) is 6.72. The van der Waals surface area contributed by atoms with Gasteiger partial charge in [-0.2, -0.15) is 0 Å². The van der Waals surface area contributed by atoms with Gasteiger partial charge in [-0.3, -0.25) is 4.79 Å². The summed E-state index contributed by atoms with van der Waals surface area (Å²) in [5, 5.41) is 11.6. The van der Waals surface area contributed by atoms with Crippen LogP contribution in [0.15, 0.2) is 18.3 Å². The molecule has 6 nitrogen and oxygen atoms in total. The van der Waals surface area contributed by atoms with Gasteiger partial charge in [0.2, 0.25) is 5.91 Å². The van der Waals surface area contributed by atoms with E-state index in [1.165, 1.54) is 12.3 Å². The monoisotopic (exact) mass is 265 g/mol. The molecule has 0 aliphatic heterocycles. The molecule has 1 aromatic rings. The third-order valence-corrected chi connectivity index (χ3v) is 2.48. The maximum absolute atomic E-state index is 11.7. The molecule has 1 heterocycles. The highest BCUT2D eigenvalue weighted by atomic mass is 16.4. The molecule has 0 aromatic carbocycles. The van der Waals surface area contributed by atoms with E-state index >= 15 is 0 Å². The Hall–Kier alpha value is -2.11. The van der Waals surface area contributed by atoms with Crippen molar-refractivity contribution in [3.8, 4) is 0 Å². The van der Waals surface area contributed by atoms with Gasteiger partial charge in [0.15, 0.2) is 0 Å². The van der Waals surface area contributed by atoms with Gasteiger partial charge in [-0.15, -0.1) is 0 Å². The number of pyridine rings is 1. The molecule has 104 valence electrons. The average Bonchev–Trinajstić information content (AvgIpc) is 2.35. The van der Waals surface area contributed by atoms with Crippen LogP contribution in [-0.2, 0) is 4.79 Å². The summed E-state index contributed by atoms with van der Waals surface area (Å²) >= 11 is 0. The van der Waals surface area contributed by atoms with Crippen LogP contribution in [0.1, 0.15) is 31.1 Å². The fourth-order valence-corrected chi connectivity index (χ4v) is 1.60. The third kappa shape index (κ3) is 4.57. The summed E-state index contributed by atoms with van der Waals surface area (Å²) < 4.78 is 0. The first kappa shape index (κ1) is 14.9. The predicted molar refractivity (Wildman–Crippen MR) is 72.4 cm³/mol. The summed E-state index contributed by atoms with van der Waals surface area (Å²) in [5.74, 6) is -0.507. The van der Waals surface area contributed by atoms with Crippen LogP contribution >= 0.6 is 0 Å². The molecular formula is C13H19N3O3. The minimum absolute atomic E-state index is 0.0824. The van der Waals surface area contributed by atoms with Gasteiger partial charge in [0.05, 0.1) is 12.1 Å². The molecule has 2 N–H and O–H groups in total. The van der Waals surface area contributed by atoms with E-state index in [-0.39, 0.29) is 24.1 Å². The summed E-state index contributed by atoms with van der Waals surface area (Å²) in [7, 11) is 0. The first-order valence-corrected chi connectivity index (χ1v) is 6.17. The number of amides is 1. The molecule has 1 rings (SSSR count). The van der Waals surface area contributed by atoms with Crippen molar-refractivity contribution in [2.24, 2.45) is 0 Å². The van der Waals surface area contributed by atoms with Gasteiger partial charge in [0, 0.05) is 18.8 Å². The molecule has 1 amide bonds.